The molecule has 0 aliphatic carbocycles. The molecular weight excluding hydrogens is 440 g/mol. The van der Waals surface area contributed by atoms with Gasteiger partial charge in [0.1, 0.15) is 4.90 Å². The van der Waals surface area contributed by atoms with Crippen LogP contribution in [-0.4, -0.2) is 18.2 Å². The van der Waals surface area contributed by atoms with Crippen molar-refractivity contribution < 1.29 is 12.6 Å². The van der Waals surface area contributed by atoms with E-state index in [1.807, 2.05) is 60.7 Å². The molecule has 0 saturated carbocycles. The first-order chi connectivity index (χ1) is 13.5. The molecule has 0 N–H and O–H groups in total. The molecule has 7 heteroatoms. The van der Waals surface area contributed by atoms with Gasteiger partial charge in [0.2, 0.25) is 5.88 Å². The molecule has 0 fully saturated rings. The van der Waals surface area contributed by atoms with E-state index in [4.69, 9.17) is 4.18 Å². The third-order valence-electron chi connectivity index (χ3n) is 4.04. The van der Waals surface area contributed by atoms with E-state index in [0.717, 1.165) is 10.0 Å². The quantitative estimate of drug-likeness (QED) is 0.395. The molecule has 28 heavy (non-hydrogen) atoms. The number of hydrogen-bond acceptors (Lipinski definition) is 4. The monoisotopic (exact) mass is 454 g/mol. The van der Waals surface area contributed by atoms with Gasteiger partial charge in [-0.15, -0.1) is 0 Å². The zero-order chi connectivity index (χ0) is 19.6. The summed E-state index contributed by atoms with van der Waals surface area (Å²) in [6.45, 7) is 0. The number of rotatable bonds is 5. The van der Waals surface area contributed by atoms with Crippen LogP contribution in [0.3, 0.4) is 0 Å². The normalized spacial score (nSPS) is 11.3. The summed E-state index contributed by atoms with van der Waals surface area (Å²) in [5, 5.41) is 4.56. The lowest BCUT2D eigenvalue weighted by Gasteiger charge is -2.09. The minimum atomic E-state index is -4.01. The number of hydrogen-bond donors (Lipinski definition) is 0. The Morgan fingerprint density at radius 1 is 0.821 bits per heavy atom. The Labute approximate surface area is 171 Å². The van der Waals surface area contributed by atoms with E-state index in [-0.39, 0.29) is 10.8 Å². The van der Waals surface area contributed by atoms with Crippen LogP contribution in [0.5, 0.6) is 5.88 Å². The highest BCUT2D eigenvalue weighted by Gasteiger charge is 2.21. The molecule has 0 atom stereocenters. The van der Waals surface area contributed by atoms with Crippen LogP contribution in [0.15, 0.2) is 100 Å². The zero-order valence-corrected chi connectivity index (χ0v) is 17.0. The number of nitrogens with zero attached hydrogens (tertiary/aromatic N) is 2. The first kappa shape index (κ1) is 18.5. The second-order valence-electron chi connectivity index (χ2n) is 5.97. The van der Waals surface area contributed by atoms with Crippen LogP contribution in [0.4, 0.5) is 0 Å². The fourth-order valence-corrected chi connectivity index (χ4v) is 3.86. The molecule has 1 aromatic heterocycles. The van der Waals surface area contributed by atoms with Gasteiger partial charge in [0, 0.05) is 16.1 Å². The molecular formula is C21H15BrN2O3S. The maximum atomic E-state index is 12.8. The van der Waals surface area contributed by atoms with Crippen LogP contribution in [0.2, 0.25) is 0 Å². The Kier molecular flexibility index (Phi) is 5.02. The molecule has 0 amide bonds. The predicted molar refractivity (Wildman–Crippen MR) is 111 cm³/mol. The second-order valence-corrected chi connectivity index (χ2v) is 8.43. The summed E-state index contributed by atoms with van der Waals surface area (Å²) in [5.41, 5.74) is 2.18. The lowest BCUT2D eigenvalue weighted by Crippen LogP contribution is -2.12. The second kappa shape index (κ2) is 7.61. The Bertz CT molecular complexity index is 1190. The van der Waals surface area contributed by atoms with Gasteiger partial charge in [-0.05, 0) is 36.4 Å². The first-order valence-electron chi connectivity index (χ1n) is 8.44. The van der Waals surface area contributed by atoms with Crippen molar-refractivity contribution in [3.8, 4) is 22.8 Å². The van der Waals surface area contributed by atoms with E-state index in [1.165, 1.54) is 16.8 Å². The van der Waals surface area contributed by atoms with Crippen molar-refractivity contribution >= 4 is 26.0 Å². The summed E-state index contributed by atoms with van der Waals surface area (Å²) in [7, 11) is -4.01. The Morgan fingerprint density at radius 3 is 2.07 bits per heavy atom. The number of benzene rings is 3. The van der Waals surface area contributed by atoms with Gasteiger partial charge in [-0.25, -0.2) is 0 Å². The average molecular weight is 455 g/mol. The summed E-state index contributed by atoms with van der Waals surface area (Å²) in [6, 6.07) is 26.7. The minimum absolute atomic E-state index is 0.0674. The largest absolute Gasteiger partial charge is 0.358 e. The zero-order valence-electron chi connectivity index (χ0n) is 14.6. The predicted octanol–water partition coefficient (Wildman–Crippen LogP) is 5.07. The van der Waals surface area contributed by atoms with Crippen LogP contribution in [0, 0.1) is 0 Å². The standard InChI is InChI=1S/C21H15BrN2O3S/c22-17-11-13-19(14-12-17)28(25,26)27-21-15-20(16-7-3-1-4-8-16)23-24(21)18-9-5-2-6-10-18/h1-15H. The third-order valence-corrected chi connectivity index (χ3v) is 5.81. The molecule has 4 aromatic rings. The van der Waals surface area contributed by atoms with Crippen molar-refractivity contribution in [2.24, 2.45) is 0 Å². The van der Waals surface area contributed by atoms with Crippen LogP contribution in [0.25, 0.3) is 16.9 Å². The number of para-hydroxylation sites is 1. The fourth-order valence-electron chi connectivity index (χ4n) is 2.69. The lowest BCUT2D eigenvalue weighted by atomic mass is 10.2. The van der Waals surface area contributed by atoms with Crippen molar-refractivity contribution in [2.45, 2.75) is 4.90 Å². The molecule has 140 valence electrons. The highest BCUT2D eigenvalue weighted by atomic mass is 79.9. The molecule has 0 radical (unpaired) electrons. The summed E-state index contributed by atoms with van der Waals surface area (Å²) in [6.07, 6.45) is 0. The molecule has 0 aliphatic heterocycles. The highest BCUT2D eigenvalue weighted by Crippen LogP contribution is 2.28. The van der Waals surface area contributed by atoms with Gasteiger partial charge >= 0.3 is 10.1 Å². The maximum absolute atomic E-state index is 12.8. The van der Waals surface area contributed by atoms with Crippen LogP contribution in [-0.2, 0) is 10.1 Å². The summed E-state index contributed by atoms with van der Waals surface area (Å²) >= 11 is 3.30. The SMILES string of the molecule is O=S(=O)(Oc1cc(-c2ccccc2)nn1-c1ccccc1)c1ccc(Br)cc1. The van der Waals surface area contributed by atoms with E-state index >= 15 is 0 Å². The highest BCUT2D eigenvalue weighted by molar-refractivity contribution is 9.10. The molecule has 0 aliphatic rings. The van der Waals surface area contributed by atoms with Gasteiger partial charge < -0.3 is 4.18 Å². The van der Waals surface area contributed by atoms with Gasteiger partial charge in [-0.1, -0.05) is 64.5 Å². The van der Waals surface area contributed by atoms with E-state index in [9.17, 15) is 8.42 Å². The summed E-state index contributed by atoms with van der Waals surface area (Å²) in [5.74, 6) is 0.118. The molecule has 4 rings (SSSR count). The van der Waals surface area contributed by atoms with Gasteiger partial charge in [0.25, 0.3) is 0 Å². The van der Waals surface area contributed by atoms with Crippen LogP contribution >= 0.6 is 15.9 Å². The van der Waals surface area contributed by atoms with Gasteiger partial charge in [0.05, 0.1) is 11.4 Å². The van der Waals surface area contributed by atoms with Crippen LogP contribution in [0.1, 0.15) is 0 Å². The van der Waals surface area contributed by atoms with Crippen LogP contribution < -0.4 is 4.18 Å². The molecule has 0 spiro atoms. The average Bonchev–Trinajstić information content (AvgIpc) is 3.13. The summed E-state index contributed by atoms with van der Waals surface area (Å²) < 4.78 is 33.3. The third kappa shape index (κ3) is 3.85. The molecule has 0 unspecified atom stereocenters. The Hall–Kier alpha value is -2.90. The van der Waals surface area contributed by atoms with Crippen molar-refractivity contribution in [2.75, 3.05) is 0 Å². The smallest absolute Gasteiger partial charge is 0.340 e. The molecule has 0 saturated heterocycles. The lowest BCUT2D eigenvalue weighted by molar-refractivity contribution is 0.465. The molecule has 1 heterocycles. The van der Waals surface area contributed by atoms with E-state index < -0.39 is 10.1 Å². The fraction of sp³-hybridized carbons (Fsp3) is 0. The Morgan fingerprint density at radius 2 is 1.43 bits per heavy atom. The number of halogens is 1. The van der Waals surface area contributed by atoms with Crippen molar-refractivity contribution in [1.29, 1.82) is 0 Å². The molecule has 3 aromatic carbocycles. The van der Waals surface area contributed by atoms with E-state index in [1.54, 1.807) is 18.2 Å². The topological polar surface area (TPSA) is 61.2 Å². The molecule has 5 nitrogen and oxygen atoms in total. The van der Waals surface area contributed by atoms with Crippen molar-refractivity contribution in [3.05, 3.63) is 95.5 Å². The van der Waals surface area contributed by atoms with E-state index in [0.29, 0.717) is 11.4 Å². The maximum Gasteiger partial charge on any atom is 0.340 e. The minimum Gasteiger partial charge on any atom is -0.358 e. The number of aromatic nitrogens is 2. The Balaban J connectivity index is 1.79. The van der Waals surface area contributed by atoms with Gasteiger partial charge in [-0.2, -0.15) is 18.2 Å². The molecule has 0 bridgehead atoms. The van der Waals surface area contributed by atoms with Gasteiger partial charge in [0.15, 0.2) is 0 Å². The van der Waals surface area contributed by atoms with E-state index in [2.05, 4.69) is 21.0 Å². The van der Waals surface area contributed by atoms with Gasteiger partial charge in [-0.3, -0.25) is 0 Å². The van der Waals surface area contributed by atoms with Crippen molar-refractivity contribution in [1.82, 2.24) is 9.78 Å². The summed E-state index contributed by atoms with van der Waals surface area (Å²) in [4.78, 5) is 0.0674. The first-order valence-corrected chi connectivity index (χ1v) is 10.6. The van der Waals surface area contributed by atoms with Crippen molar-refractivity contribution in [3.63, 3.8) is 0 Å².